The van der Waals surface area contributed by atoms with Crippen LogP contribution in [0.25, 0.3) is 11.5 Å². The molecule has 0 aliphatic carbocycles. The second-order valence-electron chi connectivity index (χ2n) is 6.06. The maximum Gasteiger partial charge on any atom is 0.277 e. The molecule has 0 unspecified atom stereocenters. The van der Waals surface area contributed by atoms with E-state index in [2.05, 4.69) is 10.2 Å². The van der Waals surface area contributed by atoms with E-state index in [-0.39, 0.29) is 23.5 Å². The molecule has 1 saturated heterocycles. The molecule has 1 aromatic heterocycles. The molecule has 1 aliphatic rings. The zero-order valence-electron chi connectivity index (χ0n) is 14.0. The molecule has 25 heavy (non-hydrogen) atoms. The van der Waals surface area contributed by atoms with Gasteiger partial charge in [0.05, 0.1) is 11.7 Å². The van der Waals surface area contributed by atoms with E-state index in [4.69, 9.17) is 10.2 Å². The van der Waals surface area contributed by atoms with Crippen molar-refractivity contribution < 1.29 is 14.0 Å². The number of piperidine rings is 1. The van der Waals surface area contributed by atoms with E-state index in [1.54, 1.807) is 4.90 Å². The fraction of sp³-hybridized carbons (Fsp3) is 0.412. The van der Waals surface area contributed by atoms with Gasteiger partial charge in [-0.3, -0.25) is 9.59 Å². The summed E-state index contributed by atoms with van der Waals surface area (Å²) in [4.78, 5) is 25.3. The van der Waals surface area contributed by atoms with Crippen molar-refractivity contribution in [2.24, 2.45) is 11.7 Å². The van der Waals surface area contributed by atoms with E-state index in [1.807, 2.05) is 31.2 Å². The van der Waals surface area contributed by atoms with Crippen LogP contribution in [0.1, 0.15) is 18.4 Å². The van der Waals surface area contributed by atoms with Crippen LogP contribution in [0.2, 0.25) is 0 Å². The van der Waals surface area contributed by atoms with Crippen LogP contribution in [0, 0.1) is 12.8 Å². The van der Waals surface area contributed by atoms with Gasteiger partial charge in [0.25, 0.3) is 5.22 Å². The highest BCUT2D eigenvalue weighted by molar-refractivity contribution is 7.99. The van der Waals surface area contributed by atoms with Gasteiger partial charge in [-0.05, 0) is 31.4 Å². The lowest BCUT2D eigenvalue weighted by atomic mass is 9.97. The molecule has 0 spiro atoms. The quantitative estimate of drug-likeness (QED) is 0.817. The summed E-state index contributed by atoms with van der Waals surface area (Å²) in [6.45, 7) is 3.02. The number of hydrogen-bond donors (Lipinski definition) is 1. The number of hydrogen-bond acceptors (Lipinski definition) is 6. The molecular formula is C17H20N4O3S. The van der Waals surface area contributed by atoms with Gasteiger partial charge in [0.1, 0.15) is 0 Å². The first-order chi connectivity index (χ1) is 12.0. The maximum atomic E-state index is 12.3. The summed E-state index contributed by atoms with van der Waals surface area (Å²) >= 11 is 1.21. The average molecular weight is 360 g/mol. The van der Waals surface area contributed by atoms with E-state index in [0.717, 1.165) is 24.0 Å². The number of benzene rings is 1. The molecule has 8 heteroatoms. The highest BCUT2D eigenvalue weighted by Gasteiger charge is 2.27. The first-order valence-corrected chi connectivity index (χ1v) is 9.12. The van der Waals surface area contributed by atoms with Crippen molar-refractivity contribution in [3.8, 4) is 11.5 Å². The van der Waals surface area contributed by atoms with Crippen LogP contribution in [-0.2, 0) is 9.59 Å². The molecule has 1 fully saturated rings. The Morgan fingerprint density at radius 3 is 2.92 bits per heavy atom. The number of carbonyl (C=O) groups is 2. The van der Waals surface area contributed by atoms with Crippen molar-refractivity contribution in [2.45, 2.75) is 25.0 Å². The molecule has 0 bridgehead atoms. The van der Waals surface area contributed by atoms with Crippen molar-refractivity contribution in [1.82, 2.24) is 15.1 Å². The third-order valence-corrected chi connectivity index (χ3v) is 5.08. The molecule has 2 aromatic rings. The molecule has 2 heterocycles. The molecule has 2 N–H and O–H groups in total. The van der Waals surface area contributed by atoms with E-state index in [9.17, 15) is 9.59 Å². The summed E-state index contributed by atoms with van der Waals surface area (Å²) in [7, 11) is 0. The van der Waals surface area contributed by atoms with Crippen molar-refractivity contribution in [3.63, 3.8) is 0 Å². The summed E-state index contributed by atoms with van der Waals surface area (Å²) in [5.41, 5.74) is 7.28. The molecule has 7 nitrogen and oxygen atoms in total. The number of likely N-dealkylation sites (tertiary alicyclic amines) is 1. The van der Waals surface area contributed by atoms with Gasteiger partial charge >= 0.3 is 0 Å². The molecule has 0 radical (unpaired) electrons. The minimum absolute atomic E-state index is 0.0495. The van der Waals surface area contributed by atoms with Crippen molar-refractivity contribution in [3.05, 3.63) is 29.8 Å². The number of primary amides is 1. The number of carbonyl (C=O) groups excluding carboxylic acids is 2. The summed E-state index contributed by atoms with van der Waals surface area (Å²) in [5, 5.41) is 8.40. The monoisotopic (exact) mass is 360 g/mol. The Kier molecular flexibility index (Phi) is 5.37. The molecule has 132 valence electrons. The molecule has 1 atom stereocenters. The Morgan fingerprint density at radius 1 is 1.36 bits per heavy atom. The zero-order valence-corrected chi connectivity index (χ0v) is 14.8. The SMILES string of the molecule is Cc1ccccc1-c1nnc(SCC(=O)N2CCC[C@@H](C(N)=O)C2)o1. The Balaban J connectivity index is 1.58. The fourth-order valence-corrected chi connectivity index (χ4v) is 3.51. The van der Waals surface area contributed by atoms with Crippen LogP contribution in [-0.4, -0.2) is 45.8 Å². The molecule has 0 saturated carbocycles. The van der Waals surface area contributed by atoms with Crippen LogP contribution in [0.3, 0.4) is 0 Å². The van der Waals surface area contributed by atoms with Crippen LogP contribution in [0.15, 0.2) is 33.9 Å². The molecular weight excluding hydrogens is 340 g/mol. The zero-order chi connectivity index (χ0) is 17.8. The van der Waals surface area contributed by atoms with Gasteiger partial charge in [-0.15, -0.1) is 10.2 Å². The topological polar surface area (TPSA) is 102 Å². The minimum atomic E-state index is -0.343. The van der Waals surface area contributed by atoms with Gasteiger partial charge in [-0.1, -0.05) is 30.0 Å². The summed E-state index contributed by atoms with van der Waals surface area (Å²) in [6.07, 6.45) is 1.54. The number of rotatable bonds is 5. The maximum absolute atomic E-state index is 12.3. The smallest absolute Gasteiger partial charge is 0.277 e. The van der Waals surface area contributed by atoms with E-state index in [1.165, 1.54) is 11.8 Å². The Morgan fingerprint density at radius 2 is 2.16 bits per heavy atom. The highest BCUT2D eigenvalue weighted by atomic mass is 32.2. The van der Waals surface area contributed by atoms with Crippen molar-refractivity contribution >= 4 is 23.6 Å². The van der Waals surface area contributed by atoms with Gasteiger partial charge < -0.3 is 15.1 Å². The number of aromatic nitrogens is 2. The summed E-state index contributed by atoms with van der Waals surface area (Å²) in [5.74, 6) is -0.00366. The lowest BCUT2D eigenvalue weighted by Crippen LogP contribution is -2.44. The standard InChI is InChI=1S/C17H20N4O3S/c1-11-5-2-3-7-13(11)16-19-20-17(24-16)25-10-14(22)21-8-4-6-12(9-21)15(18)23/h2-3,5,7,12H,4,6,8-10H2,1H3,(H2,18,23)/t12-/m1/s1. The largest absolute Gasteiger partial charge is 0.411 e. The highest BCUT2D eigenvalue weighted by Crippen LogP contribution is 2.26. The van der Waals surface area contributed by atoms with Crippen LogP contribution < -0.4 is 5.73 Å². The Hall–Kier alpha value is -2.35. The molecule has 1 aromatic carbocycles. The number of aryl methyl sites for hydroxylation is 1. The molecule has 3 rings (SSSR count). The second kappa shape index (κ2) is 7.69. The summed E-state index contributed by atoms with van der Waals surface area (Å²) in [6, 6.07) is 7.75. The molecule has 2 amide bonds. The van der Waals surface area contributed by atoms with E-state index < -0.39 is 0 Å². The third-order valence-electron chi connectivity index (χ3n) is 4.28. The first-order valence-electron chi connectivity index (χ1n) is 8.14. The number of amides is 2. The number of nitrogens with zero attached hydrogens (tertiary/aromatic N) is 3. The lowest BCUT2D eigenvalue weighted by Gasteiger charge is -2.31. The predicted molar refractivity (Wildman–Crippen MR) is 93.7 cm³/mol. The predicted octanol–water partition coefficient (Wildman–Crippen LogP) is 1.86. The minimum Gasteiger partial charge on any atom is -0.411 e. The average Bonchev–Trinajstić information content (AvgIpc) is 3.09. The summed E-state index contributed by atoms with van der Waals surface area (Å²) < 4.78 is 5.64. The van der Waals surface area contributed by atoms with Crippen molar-refractivity contribution in [2.75, 3.05) is 18.8 Å². The van der Waals surface area contributed by atoms with Crippen LogP contribution in [0.5, 0.6) is 0 Å². The van der Waals surface area contributed by atoms with E-state index in [0.29, 0.717) is 24.2 Å². The van der Waals surface area contributed by atoms with Crippen LogP contribution >= 0.6 is 11.8 Å². The third kappa shape index (κ3) is 4.19. The fourth-order valence-electron chi connectivity index (χ4n) is 2.84. The van der Waals surface area contributed by atoms with Gasteiger partial charge in [-0.2, -0.15) is 0 Å². The normalized spacial score (nSPS) is 17.5. The molecule has 1 aliphatic heterocycles. The lowest BCUT2D eigenvalue weighted by molar-refractivity contribution is -0.132. The van der Waals surface area contributed by atoms with Gasteiger partial charge in [0.2, 0.25) is 17.7 Å². The van der Waals surface area contributed by atoms with Gasteiger partial charge in [0, 0.05) is 18.7 Å². The second-order valence-corrected chi connectivity index (χ2v) is 6.98. The van der Waals surface area contributed by atoms with Gasteiger partial charge in [-0.25, -0.2) is 0 Å². The number of nitrogens with two attached hydrogens (primary N) is 1. The van der Waals surface area contributed by atoms with E-state index >= 15 is 0 Å². The Labute approximate surface area is 150 Å². The first kappa shape index (κ1) is 17.5. The van der Waals surface area contributed by atoms with Crippen molar-refractivity contribution in [1.29, 1.82) is 0 Å². The van der Waals surface area contributed by atoms with Crippen LogP contribution in [0.4, 0.5) is 0 Å². The Bertz CT molecular complexity index is 777. The van der Waals surface area contributed by atoms with Gasteiger partial charge in [0.15, 0.2) is 0 Å². The number of thioether (sulfide) groups is 1.